The predicted octanol–water partition coefficient (Wildman–Crippen LogP) is 4.48. The highest BCUT2D eigenvalue weighted by molar-refractivity contribution is 7.17. The van der Waals surface area contributed by atoms with Crippen molar-refractivity contribution in [2.75, 3.05) is 39.4 Å². The Hall–Kier alpha value is -2.85. The summed E-state index contributed by atoms with van der Waals surface area (Å²) >= 11 is 2.78. The van der Waals surface area contributed by atoms with Crippen molar-refractivity contribution < 1.29 is 19.4 Å². The van der Waals surface area contributed by atoms with E-state index in [9.17, 15) is 14.7 Å². The first-order valence-electron chi connectivity index (χ1n) is 11.7. The minimum absolute atomic E-state index is 0.148. The summed E-state index contributed by atoms with van der Waals surface area (Å²) in [6.45, 7) is 6.29. The number of thiazole rings is 1. The van der Waals surface area contributed by atoms with E-state index in [0.717, 1.165) is 54.7 Å². The maximum Gasteiger partial charge on any atom is 0.290 e. The first-order valence-corrected chi connectivity index (χ1v) is 13.4. The summed E-state index contributed by atoms with van der Waals surface area (Å²) in [5.41, 5.74) is 1.68. The van der Waals surface area contributed by atoms with Gasteiger partial charge in [0.2, 0.25) is 5.78 Å². The van der Waals surface area contributed by atoms with E-state index in [1.807, 2.05) is 47.8 Å². The normalized spacial score (nSPS) is 19.1. The van der Waals surface area contributed by atoms with Gasteiger partial charge in [0, 0.05) is 36.6 Å². The second-order valence-corrected chi connectivity index (χ2v) is 10.6. The molecule has 1 aromatic carbocycles. The number of nitrogens with zero attached hydrogens (tertiary/aromatic N) is 3. The lowest BCUT2D eigenvalue weighted by atomic mass is 10.00. The molecule has 2 aliphatic heterocycles. The number of morpholine rings is 1. The second-order valence-electron chi connectivity index (χ2n) is 8.62. The molecule has 182 valence electrons. The van der Waals surface area contributed by atoms with E-state index in [1.165, 1.54) is 22.7 Å². The van der Waals surface area contributed by atoms with Gasteiger partial charge in [0.05, 0.1) is 35.4 Å². The van der Waals surface area contributed by atoms with Crippen molar-refractivity contribution in [1.29, 1.82) is 0 Å². The smallest absolute Gasteiger partial charge is 0.290 e. The predicted molar refractivity (Wildman–Crippen MR) is 137 cm³/mol. The van der Waals surface area contributed by atoms with Crippen LogP contribution in [0.15, 0.2) is 59.2 Å². The van der Waals surface area contributed by atoms with Gasteiger partial charge < -0.3 is 14.7 Å². The molecule has 0 bridgehead atoms. The topological polar surface area (TPSA) is 83.0 Å². The first-order chi connectivity index (χ1) is 17.0. The van der Waals surface area contributed by atoms with E-state index < -0.39 is 17.7 Å². The number of amides is 1. The van der Waals surface area contributed by atoms with Gasteiger partial charge in [-0.15, -0.1) is 22.7 Å². The summed E-state index contributed by atoms with van der Waals surface area (Å²) < 4.78 is 5.41. The van der Waals surface area contributed by atoms with Crippen molar-refractivity contribution in [1.82, 2.24) is 14.8 Å². The fourth-order valence-corrected chi connectivity index (χ4v) is 6.45. The number of aryl methyl sites for hydroxylation is 1. The van der Waals surface area contributed by atoms with Crippen LogP contribution in [-0.4, -0.2) is 71.0 Å². The summed E-state index contributed by atoms with van der Waals surface area (Å²) in [4.78, 5) is 36.9. The summed E-state index contributed by atoms with van der Waals surface area (Å²) in [6.07, 6.45) is 0.750. The molecule has 0 radical (unpaired) electrons. The van der Waals surface area contributed by atoms with Crippen molar-refractivity contribution in [3.8, 4) is 10.6 Å². The molecule has 0 unspecified atom stereocenters. The third-order valence-corrected chi connectivity index (χ3v) is 8.49. The van der Waals surface area contributed by atoms with Crippen LogP contribution in [0.1, 0.15) is 32.7 Å². The highest BCUT2D eigenvalue weighted by atomic mass is 32.1. The molecule has 4 heterocycles. The van der Waals surface area contributed by atoms with Crippen molar-refractivity contribution in [2.45, 2.75) is 19.4 Å². The van der Waals surface area contributed by atoms with Gasteiger partial charge in [0.25, 0.3) is 5.91 Å². The molecule has 7 nitrogen and oxygen atoms in total. The largest absolute Gasteiger partial charge is 0.503 e. The molecule has 1 amide bonds. The minimum atomic E-state index is -0.596. The molecule has 0 saturated carbocycles. The van der Waals surface area contributed by atoms with Crippen molar-refractivity contribution in [2.24, 2.45) is 0 Å². The Bertz CT molecular complexity index is 1230. The number of Topliss-reactive ketones (excluding diaryl/α,β-unsaturated/α-hetero) is 1. The number of ketones is 1. The van der Waals surface area contributed by atoms with Crippen LogP contribution in [0.25, 0.3) is 10.6 Å². The molecule has 1 saturated heterocycles. The first kappa shape index (κ1) is 23.9. The zero-order valence-corrected chi connectivity index (χ0v) is 21.1. The molecular formula is C26H27N3O4S2. The summed E-state index contributed by atoms with van der Waals surface area (Å²) in [5, 5.41) is 13.6. The monoisotopic (exact) mass is 509 g/mol. The number of carbonyl (C=O) groups is 2. The van der Waals surface area contributed by atoms with E-state index in [0.29, 0.717) is 17.1 Å². The zero-order chi connectivity index (χ0) is 24.4. The van der Waals surface area contributed by atoms with E-state index in [4.69, 9.17) is 4.74 Å². The summed E-state index contributed by atoms with van der Waals surface area (Å²) in [5.74, 6) is -1.27. The number of rotatable bonds is 8. The quantitative estimate of drug-likeness (QED) is 0.451. The maximum absolute atomic E-state index is 13.8. The fourth-order valence-electron chi connectivity index (χ4n) is 4.58. The van der Waals surface area contributed by atoms with E-state index in [1.54, 1.807) is 11.8 Å². The minimum Gasteiger partial charge on any atom is -0.503 e. The van der Waals surface area contributed by atoms with E-state index >= 15 is 0 Å². The summed E-state index contributed by atoms with van der Waals surface area (Å²) in [6, 6.07) is 12.9. The van der Waals surface area contributed by atoms with Crippen LogP contribution in [0.4, 0.5) is 0 Å². The number of aromatic nitrogens is 1. The van der Waals surface area contributed by atoms with Crippen LogP contribution in [0.2, 0.25) is 0 Å². The number of ether oxygens (including phenoxy) is 1. The molecule has 2 aliphatic rings. The van der Waals surface area contributed by atoms with Crippen LogP contribution in [0.3, 0.4) is 0 Å². The Morgan fingerprint density at radius 1 is 1.14 bits per heavy atom. The van der Waals surface area contributed by atoms with Gasteiger partial charge in [-0.05, 0) is 24.8 Å². The molecule has 2 aromatic heterocycles. The molecule has 3 aromatic rings. The van der Waals surface area contributed by atoms with Crippen LogP contribution in [-0.2, 0) is 9.53 Å². The van der Waals surface area contributed by atoms with Crippen LogP contribution in [0.5, 0.6) is 0 Å². The Morgan fingerprint density at radius 2 is 1.91 bits per heavy atom. The lowest BCUT2D eigenvalue weighted by Gasteiger charge is -2.29. The molecule has 5 rings (SSSR count). The lowest BCUT2D eigenvalue weighted by molar-refractivity contribution is -0.129. The van der Waals surface area contributed by atoms with E-state index in [-0.39, 0.29) is 11.4 Å². The molecule has 1 N–H and O–H groups in total. The van der Waals surface area contributed by atoms with Crippen molar-refractivity contribution in [3.05, 3.63) is 74.6 Å². The lowest BCUT2D eigenvalue weighted by Crippen LogP contribution is -2.39. The number of hydrogen-bond acceptors (Lipinski definition) is 8. The standard InChI is InChI=1S/C26H27N3O4S2/c1-17-24(35-25(27-17)18-7-3-2-4-8-18)22(30)20-21(19-9-5-16-34-19)29(26(32)23(20)31)11-6-10-28-12-14-33-15-13-28/h2-5,7-9,16,21,31H,6,10-15H2,1H3/t21-/m1/s1. The van der Waals surface area contributed by atoms with Crippen molar-refractivity contribution >= 4 is 34.4 Å². The number of carbonyl (C=O) groups excluding carboxylic acids is 2. The molecule has 0 aliphatic carbocycles. The highest BCUT2D eigenvalue weighted by Crippen LogP contribution is 2.42. The van der Waals surface area contributed by atoms with Gasteiger partial charge in [-0.25, -0.2) is 4.98 Å². The Balaban J connectivity index is 1.41. The van der Waals surface area contributed by atoms with Gasteiger partial charge in [0.15, 0.2) is 5.76 Å². The van der Waals surface area contributed by atoms with Gasteiger partial charge in [-0.3, -0.25) is 14.5 Å². The van der Waals surface area contributed by atoms with Gasteiger partial charge in [-0.1, -0.05) is 36.4 Å². The molecule has 1 atom stereocenters. The number of thiophene rings is 1. The third-order valence-electron chi connectivity index (χ3n) is 6.36. The number of hydrogen-bond donors (Lipinski definition) is 1. The highest BCUT2D eigenvalue weighted by Gasteiger charge is 2.44. The second kappa shape index (κ2) is 10.4. The molecule has 0 spiro atoms. The Morgan fingerprint density at radius 3 is 2.63 bits per heavy atom. The van der Waals surface area contributed by atoms with Crippen molar-refractivity contribution in [3.63, 3.8) is 0 Å². The van der Waals surface area contributed by atoms with Gasteiger partial charge in [-0.2, -0.15) is 0 Å². The number of aliphatic hydroxyl groups is 1. The average Bonchev–Trinajstić information content (AvgIpc) is 3.60. The molecule has 1 fully saturated rings. The Labute approximate surface area is 212 Å². The molecule has 35 heavy (non-hydrogen) atoms. The number of aliphatic hydroxyl groups excluding tert-OH is 1. The molecule has 9 heteroatoms. The van der Waals surface area contributed by atoms with Crippen LogP contribution >= 0.6 is 22.7 Å². The SMILES string of the molecule is Cc1nc(-c2ccccc2)sc1C(=O)C1=C(O)C(=O)N(CCCN2CCOCC2)[C@@H]1c1cccs1. The third kappa shape index (κ3) is 4.81. The maximum atomic E-state index is 13.8. The Kier molecular flexibility index (Phi) is 7.10. The fraction of sp³-hybridized carbons (Fsp3) is 0.346. The number of benzene rings is 1. The van der Waals surface area contributed by atoms with Gasteiger partial charge in [0.1, 0.15) is 5.01 Å². The summed E-state index contributed by atoms with van der Waals surface area (Å²) in [7, 11) is 0. The molecular weight excluding hydrogens is 482 g/mol. The van der Waals surface area contributed by atoms with Gasteiger partial charge >= 0.3 is 0 Å². The average molecular weight is 510 g/mol. The van der Waals surface area contributed by atoms with Crippen LogP contribution in [0, 0.1) is 6.92 Å². The van der Waals surface area contributed by atoms with E-state index in [2.05, 4.69) is 9.88 Å². The zero-order valence-electron chi connectivity index (χ0n) is 19.5. The van der Waals surface area contributed by atoms with Crippen LogP contribution < -0.4 is 0 Å².